The molecule has 0 saturated carbocycles. The van der Waals surface area contributed by atoms with Crippen molar-refractivity contribution in [1.29, 1.82) is 0 Å². The molecule has 0 aliphatic carbocycles. The van der Waals surface area contributed by atoms with Gasteiger partial charge in [-0.05, 0) is 50.7 Å². The lowest BCUT2D eigenvalue weighted by molar-refractivity contribution is -0.131. The Morgan fingerprint density at radius 1 is 1.08 bits per heavy atom. The molecule has 1 atom stereocenters. The van der Waals surface area contributed by atoms with Crippen LogP contribution in [0.1, 0.15) is 23.9 Å². The van der Waals surface area contributed by atoms with E-state index < -0.39 is 0 Å². The number of hydrogen-bond acceptors (Lipinski definition) is 7. The third-order valence-electron chi connectivity index (χ3n) is 6.67. The molecule has 9 heteroatoms. The minimum absolute atomic E-state index is 0.0250. The molecule has 1 fully saturated rings. The fourth-order valence-electron chi connectivity index (χ4n) is 4.65. The van der Waals surface area contributed by atoms with Gasteiger partial charge in [0, 0.05) is 61.3 Å². The Morgan fingerprint density at radius 2 is 1.83 bits per heavy atom. The van der Waals surface area contributed by atoms with Crippen molar-refractivity contribution < 1.29 is 9.53 Å². The van der Waals surface area contributed by atoms with Crippen molar-refractivity contribution in [3.8, 4) is 11.5 Å². The summed E-state index contributed by atoms with van der Waals surface area (Å²) in [6.45, 7) is 6.33. The molecule has 3 aromatic rings. The second-order valence-electron chi connectivity index (χ2n) is 9.37. The number of anilines is 2. The molecule has 0 radical (unpaired) electrons. The first-order chi connectivity index (χ1) is 17.4. The van der Waals surface area contributed by atoms with Crippen molar-refractivity contribution in [3.63, 3.8) is 0 Å². The van der Waals surface area contributed by atoms with Crippen molar-refractivity contribution in [2.45, 2.75) is 19.4 Å². The number of hydrogen-bond donors (Lipinski definition) is 1. The number of aryl methyl sites for hydroxylation is 1. The van der Waals surface area contributed by atoms with Gasteiger partial charge in [0.25, 0.3) is 0 Å². The van der Waals surface area contributed by atoms with Gasteiger partial charge in [0.1, 0.15) is 23.1 Å². The van der Waals surface area contributed by atoms with E-state index in [2.05, 4.69) is 27.1 Å². The van der Waals surface area contributed by atoms with E-state index in [1.807, 2.05) is 60.5 Å². The minimum atomic E-state index is 0.0250. The van der Waals surface area contributed by atoms with E-state index in [9.17, 15) is 4.79 Å². The summed E-state index contributed by atoms with van der Waals surface area (Å²) in [5, 5.41) is 4.25. The highest BCUT2D eigenvalue weighted by Gasteiger charge is 2.30. The number of halogens is 1. The highest BCUT2D eigenvalue weighted by Crippen LogP contribution is 2.35. The molecule has 188 valence electrons. The maximum absolute atomic E-state index is 13.0. The fourth-order valence-corrected chi connectivity index (χ4v) is 4.83. The van der Waals surface area contributed by atoms with Gasteiger partial charge in [-0.25, -0.2) is 9.97 Å². The van der Waals surface area contributed by atoms with Crippen molar-refractivity contribution >= 4 is 29.0 Å². The van der Waals surface area contributed by atoms with Gasteiger partial charge >= 0.3 is 0 Å². The largest absolute Gasteiger partial charge is 0.457 e. The van der Waals surface area contributed by atoms with Crippen molar-refractivity contribution in [2.24, 2.45) is 0 Å². The highest BCUT2D eigenvalue weighted by atomic mass is 35.5. The van der Waals surface area contributed by atoms with Crippen LogP contribution in [0.4, 0.5) is 11.5 Å². The molecule has 5 rings (SSSR count). The number of rotatable bonds is 6. The molecular formula is C27H31ClN6O2. The zero-order chi connectivity index (χ0) is 25.1. The van der Waals surface area contributed by atoms with Crippen LogP contribution in [0.5, 0.6) is 11.5 Å². The number of likely N-dealkylation sites (N-methyl/N-ethyl adjacent to an activating group) is 1. The Balaban J connectivity index is 1.30. The average molecular weight is 507 g/mol. The number of piperazine rings is 1. The maximum Gasteiger partial charge on any atom is 0.242 e. The Labute approximate surface area is 216 Å². The topological polar surface area (TPSA) is 73.8 Å². The van der Waals surface area contributed by atoms with Gasteiger partial charge in [-0.2, -0.15) is 0 Å². The summed E-state index contributed by atoms with van der Waals surface area (Å²) in [4.78, 5) is 28.5. The van der Waals surface area contributed by atoms with Crippen LogP contribution in [0.2, 0.25) is 5.02 Å². The molecule has 8 nitrogen and oxygen atoms in total. The number of nitrogens with zero attached hydrogens (tertiary/aromatic N) is 5. The number of fused-ring (bicyclic) bond motifs is 1. The number of aromatic nitrogens is 2. The molecule has 2 aliphatic rings. The van der Waals surface area contributed by atoms with Gasteiger partial charge in [0.05, 0.1) is 12.6 Å². The van der Waals surface area contributed by atoms with E-state index in [4.69, 9.17) is 21.3 Å². The first-order valence-corrected chi connectivity index (χ1v) is 12.7. The van der Waals surface area contributed by atoms with E-state index in [0.717, 1.165) is 62.0 Å². The lowest BCUT2D eigenvalue weighted by atomic mass is 10.00. The van der Waals surface area contributed by atoms with Crippen molar-refractivity contribution in [2.75, 3.05) is 56.5 Å². The van der Waals surface area contributed by atoms with Crippen LogP contribution in [0.15, 0.2) is 54.7 Å². The van der Waals surface area contributed by atoms with Crippen LogP contribution in [-0.4, -0.2) is 72.0 Å². The summed E-state index contributed by atoms with van der Waals surface area (Å²) < 4.78 is 6.00. The summed E-state index contributed by atoms with van der Waals surface area (Å²) in [5.41, 5.74) is 1.94. The first-order valence-electron chi connectivity index (χ1n) is 12.3. The zero-order valence-corrected chi connectivity index (χ0v) is 21.4. The third-order valence-corrected chi connectivity index (χ3v) is 6.90. The first kappa shape index (κ1) is 24.3. The maximum atomic E-state index is 13.0. The zero-order valence-electron chi connectivity index (χ0n) is 20.7. The monoisotopic (exact) mass is 506 g/mol. The Hall–Kier alpha value is -3.36. The standard InChI is InChI=1S/C27H31ClN6O2/c1-19-29-17-24-25(31-21-6-4-8-23(16-21)36-22-7-3-5-20(28)15-22)9-10-34(27(24)30-19)18-26(35)33-13-11-32(2)12-14-33/h3-8,15-17,25,31H,9-14,18H2,1-2H3. The minimum Gasteiger partial charge on any atom is -0.457 e. The van der Waals surface area contributed by atoms with Gasteiger partial charge in [0.15, 0.2) is 0 Å². The summed E-state index contributed by atoms with van der Waals surface area (Å²) >= 11 is 6.09. The van der Waals surface area contributed by atoms with Crippen LogP contribution in [0.25, 0.3) is 0 Å². The lowest BCUT2D eigenvalue weighted by Crippen LogP contribution is -2.51. The Kier molecular flexibility index (Phi) is 7.25. The second-order valence-corrected chi connectivity index (χ2v) is 9.81. The number of amides is 1. The number of carbonyl (C=O) groups is 1. The fraction of sp³-hybridized carbons (Fsp3) is 0.370. The van der Waals surface area contributed by atoms with Gasteiger partial charge in [-0.3, -0.25) is 4.79 Å². The van der Waals surface area contributed by atoms with Crippen molar-refractivity contribution in [3.05, 3.63) is 71.1 Å². The molecule has 2 aliphatic heterocycles. The lowest BCUT2D eigenvalue weighted by Gasteiger charge is -2.37. The molecule has 1 saturated heterocycles. The Bertz CT molecular complexity index is 1230. The molecule has 3 heterocycles. The predicted molar refractivity (Wildman–Crippen MR) is 142 cm³/mol. The molecule has 1 aromatic heterocycles. The second kappa shape index (κ2) is 10.7. The van der Waals surface area contributed by atoms with Crippen molar-refractivity contribution in [1.82, 2.24) is 19.8 Å². The third kappa shape index (κ3) is 5.71. The average Bonchev–Trinajstić information content (AvgIpc) is 2.86. The molecule has 0 bridgehead atoms. The van der Waals surface area contributed by atoms with Gasteiger partial charge < -0.3 is 24.8 Å². The summed E-state index contributed by atoms with van der Waals surface area (Å²) in [7, 11) is 2.09. The van der Waals surface area contributed by atoms with Gasteiger partial charge in [-0.1, -0.05) is 23.7 Å². The molecule has 1 unspecified atom stereocenters. The summed E-state index contributed by atoms with van der Waals surface area (Å²) in [6, 6.07) is 15.2. The van der Waals surface area contributed by atoms with E-state index in [1.54, 1.807) is 6.07 Å². The predicted octanol–water partition coefficient (Wildman–Crippen LogP) is 4.37. The van der Waals surface area contributed by atoms with Crippen LogP contribution < -0.4 is 15.0 Å². The highest BCUT2D eigenvalue weighted by molar-refractivity contribution is 6.30. The normalized spacial score (nSPS) is 18.0. The molecule has 36 heavy (non-hydrogen) atoms. The number of carbonyl (C=O) groups excluding carboxylic acids is 1. The van der Waals surface area contributed by atoms with E-state index in [-0.39, 0.29) is 11.9 Å². The Morgan fingerprint density at radius 3 is 2.61 bits per heavy atom. The number of ether oxygens (including phenoxy) is 1. The molecule has 1 N–H and O–H groups in total. The molecule has 0 spiro atoms. The van der Waals surface area contributed by atoms with Crippen LogP contribution in [0.3, 0.4) is 0 Å². The quantitative estimate of drug-likeness (QED) is 0.532. The SMILES string of the molecule is Cc1ncc2c(n1)N(CC(=O)N1CCN(C)CC1)CCC2Nc1cccc(Oc2cccc(Cl)c2)c1. The van der Waals surface area contributed by atoms with E-state index in [0.29, 0.717) is 23.1 Å². The van der Waals surface area contributed by atoms with Crippen LogP contribution >= 0.6 is 11.6 Å². The summed E-state index contributed by atoms with van der Waals surface area (Å²) in [5.74, 6) is 3.09. The van der Waals surface area contributed by atoms with Gasteiger partial charge in [0.2, 0.25) is 5.91 Å². The molecule has 1 amide bonds. The van der Waals surface area contributed by atoms with Gasteiger partial charge in [-0.15, -0.1) is 0 Å². The van der Waals surface area contributed by atoms with Crippen LogP contribution in [0, 0.1) is 6.92 Å². The van der Waals surface area contributed by atoms with E-state index >= 15 is 0 Å². The molecule has 2 aromatic carbocycles. The number of benzene rings is 2. The summed E-state index contributed by atoms with van der Waals surface area (Å²) in [6.07, 6.45) is 2.71. The number of nitrogens with one attached hydrogen (secondary N) is 1. The van der Waals surface area contributed by atoms with Crippen LogP contribution in [-0.2, 0) is 4.79 Å². The van der Waals surface area contributed by atoms with E-state index in [1.165, 1.54) is 0 Å². The smallest absolute Gasteiger partial charge is 0.242 e. The molecular weight excluding hydrogens is 476 g/mol.